The lowest BCUT2D eigenvalue weighted by Crippen LogP contribution is -2.58. The molecule has 3 heterocycles. The van der Waals surface area contributed by atoms with Crippen molar-refractivity contribution >= 4 is 11.6 Å². The van der Waals surface area contributed by atoms with Gasteiger partial charge in [-0.2, -0.15) is 0 Å². The molecule has 5 atom stereocenters. The molecule has 1 aromatic carbocycles. The summed E-state index contributed by atoms with van der Waals surface area (Å²) in [5.41, 5.74) is 1.71. The Hall–Kier alpha value is -1.51. The first-order valence-corrected chi connectivity index (χ1v) is 8.88. The lowest BCUT2D eigenvalue weighted by atomic mass is 9.98. The van der Waals surface area contributed by atoms with Crippen molar-refractivity contribution in [3.05, 3.63) is 29.8 Å². The van der Waals surface area contributed by atoms with E-state index in [1.54, 1.807) is 0 Å². The number of para-hydroxylation sites is 1. The highest BCUT2D eigenvalue weighted by molar-refractivity contribution is 5.95. The summed E-state index contributed by atoms with van der Waals surface area (Å²) in [6, 6.07) is 7.58. The first-order valence-electron chi connectivity index (χ1n) is 8.88. The van der Waals surface area contributed by atoms with Gasteiger partial charge in [-0.1, -0.05) is 18.2 Å². The predicted octanol–water partition coefficient (Wildman–Crippen LogP) is 2.33. The van der Waals surface area contributed by atoms with Gasteiger partial charge >= 0.3 is 0 Å². The van der Waals surface area contributed by atoms with Gasteiger partial charge in [-0.05, 0) is 46.2 Å². The summed E-state index contributed by atoms with van der Waals surface area (Å²) in [4.78, 5) is 13.0. The Balaban J connectivity index is 1.59. The van der Waals surface area contributed by atoms with E-state index in [9.17, 15) is 4.79 Å². The highest BCUT2D eigenvalue weighted by Gasteiger charge is 2.62. The molecular weight excluding hydrogens is 338 g/mol. The van der Waals surface area contributed by atoms with Crippen LogP contribution >= 0.6 is 0 Å². The van der Waals surface area contributed by atoms with Crippen LogP contribution in [0.5, 0.6) is 0 Å². The lowest BCUT2D eigenvalue weighted by Gasteiger charge is -2.36. The number of ether oxygens (including phenoxy) is 5. The van der Waals surface area contributed by atoms with Gasteiger partial charge < -0.3 is 29.0 Å². The van der Waals surface area contributed by atoms with Gasteiger partial charge in [-0.25, -0.2) is 0 Å². The number of carbonyl (C=O) groups excluding carboxylic acids is 1. The van der Waals surface area contributed by atoms with Crippen LogP contribution in [0.2, 0.25) is 0 Å². The molecule has 4 rings (SSSR count). The quantitative estimate of drug-likeness (QED) is 0.869. The number of anilines is 1. The van der Waals surface area contributed by atoms with E-state index >= 15 is 0 Å². The van der Waals surface area contributed by atoms with Crippen LogP contribution in [0.3, 0.4) is 0 Å². The number of rotatable bonds is 2. The molecule has 1 N–H and O–H groups in total. The standard InChI is InChI=1S/C19H25NO6/c1-10-8-6-7-9-11(10)20-16(21)14-12-13(24-18(2,3)23-12)15-17(22-14)26-19(4,5)25-15/h6-9,12-15,17H,1-5H3,(H,20,21)/t12-,13+,14-,15-,17-/m1/s1. The van der Waals surface area contributed by atoms with Crippen LogP contribution in [-0.2, 0) is 28.5 Å². The van der Waals surface area contributed by atoms with Crippen LogP contribution in [0, 0.1) is 6.92 Å². The number of aryl methyl sites for hydroxylation is 1. The maximum atomic E-state index is 13.0. The van der Waals surface area contributed by atoms with Gasteiger partial charge in [0, 0.05) is 5.69 Å². The number of hydrogen-bond donors (Lipinski definition) is 1. The Bertz CT molecular complexity index is 718. The second-order valence-electron chi connectivity index (χ2n) is 7.89. The minimum atomic E-state index is -0.861. The second-order valence-corrected chi connectivity index (χ2v) is 7.89. The second kappa shape index (κ2) is 6.00. The number of amides is 1. The zero-order chi connectivity index (χ0) is 18.7. The van der Waals surface area contributed by atoms with Gasteiger partial charge in [-0.15, -0.1) is 0 Å². The van der Waals surface area contributed by atoms with E-state index in [4.69, 9.17) is 23.7 Å². The molecule has 1 amide bonds. The Kier molecular flexibility index (Phi) is 4.13. The van der Waals surface area contributed by atoms with Crippen molar-refractivity contribution in [3.8, 4) is 0 Å². The van der Waals surface area contributed by atoms with Crippen LogP contribution in [0.1, 0.15) is 33.3 Å². The molecule has 3 aliphatic rings. The highest BCUT2D eigenvalue weighted by atomic mass is 16.9. The van der Waals surface area contributed by atoms with Gasteiger partial charge in [-0.3, -0.25) is 4.79 Å². The van der Waals surface area contributed by atoms with Crippen molar-refractivity contribution in [2.75, 3.05) is 5.32 Å². The van der Waals surface area contributed by atoms with Gasteiger partial charge in [0.05, 0.1) is 0 Å². The lowest BCUT2D eigenvalue weighted by molar-refractivity contribution is -0.229. The molecule has 0 unspecified atom stereocenters. The molecule has 0 spiro atoms. The molecule has 26 heavy (non-hydrogen) atoms. The van der Waals surface area contributed by atoms with E-state index in [1.807, 2.05) is 58.9 Å². The van der Waals surface area contributed by atoms with Gasteiger partial charge in [0.2, 0.25) is 0 Å². The van der Waals surface area contributed by atoms with E-state index < -0.39 is 42.3 Å². The molecule has 3 aliphatic heterocycles. The number of fused-ring (bicyclic) bond motifs is 3. The predicted molar refractivity (Wildman–Crippen MR) is 92.3 cm³/mol. The summed E-state index contributed by atoms with van der Waals surface area (Å²) in [5.74, 6) is -1.93. The van der Waals surface area contributed by atoms with E-state index in [-0.39, 0.29) is 5.91 Å². The maximum Gasteiger partial charge on any atom is 0.256 e. The summed E-state index contributed by atoms with van der Waals surface area (Å²) in [5, 5.41) is 2.92. The van der Waals surface area contributed by atoms with Crippen LogP contribution in [0.4, 0.5) is 5.69 Å². The largest absolute Gasteiger partial charge is 0.342 e. The summed E-state index contributed by atoms with van der Waals surface area (Å²) >= 11 is 0. The Morgan fingerprint density at radius 3 is 2.27 bits per heavy atom. The summed E-state index contributed by atoms with van der Waals surface area (Å²) in [7, 11) is 0. The highest BCUT2D eigenvalue weighted by Crippen LogP contribution is 2.44. The molecule has 7 nitrogen and oxygen atoms in total. The normalized spacial score (nSPS) is 37.0. The Morgan fingerprint density at radius 2 is 1.54 bits per heavy atom. The molecule has 1 aromatic rings. The maximum absolute atomic E-state index is 13.0. The number of hydrogen-bond acceptors (Lipinski definition) is 6. The topological polar surface area (TPSA) is 75.3 Å². The smallest absolute Gasteiger partial charge is 0.256 e. The first kappa shape index (κ1) is 17.9. The number of nitrogens with one attached hydrogen (secondary N) is 1. The Labute approximate surface area is 152 Å². The molecule has 7 heteroatoms. The average Bonchev–Trinajstić information content (AvgIpc) is 3.02. The molecular formula is C19H25NO6. The van der Waals surface area contributed by atoms with Gasteiger partial charge in [0.15, 0.2) is 24.0 Å². The van der Waals surface area contributed by atoms with E-state index in [0.717, 1.165) is 11.3 Å². The number of benzene rings is 1. The zero-order valence-corrected chi connectivity index (χ0v) is 15.6. The third kappa shape index (κ3) is 3.14. The fraction of sp³-hybridized carbons (Fsp3) is 0.632. The molecule has 3 fully saturated rings. The minimum absolute atomic E-state index is 0.289. The van der Waals surface area contributed by atoms with Crippen LogP contribution in [0.15, 0.2) is 24.3 Å². The summed E-state index contributed by atoms with van der Waals surface area (Å²) in [6.45, 7) is 9.19. The van der Waals surface area contributed by atoms with Crippen molar-refractivity contribution in [1.82, 2.24) is 0 Å². The number of carbonyl (C=O) groups is 1. The summed E-state index contributed by atoms with van der Waals surface area (Å²) in [6.07, 6.45) is -3.01. The monoisotopic (exact) mass is 363 g/mol. The fourth-order valence-corrected chi connectivity index (χ4v) is 3.74. The fourth-order valence-electron chi connectivity index (χ4n) is 3.74. The first-order chi connectivity index (χ1) is 12.2. The van der Waals surface area contributed by atoms with Crippen molar-refractivity contribution in [2.24, 2.45) is 0 Å². The summed E-state index contributed by atoms with van der Waals surface area (Å²) < 4.78 is 29.7. The molecule has 142 valence electrons. The zero-order valence-electron chi connectivity index (χ0n) is 15.6. The minimum Gasteiger partial charge on any atom is -0.342 e. The van der Waals surface area contributed by atoms with Gasteiger partial charge in [0.1, 0.15) is 18.3 Å². The Morgan fingerprint density at radius 1 is 0.923 bits per heavy atom. The van der Waals surface area contributed by atoms with Gasteiger partial charge in [0.25, 0.3) is 5.91 Å². The van der Waals surface area contributed by atoms with Crippen LogP contribution in [0.25, 0.3) is 0 Å². The van der Waals surface area contributed by atoms with Crippen LogP contribution in [-0.4, -0.2) is 48.2 Å². The molecule has 0 radical (unpaired) electrons. The molecule has 3 saturated heterocycles. The molecule has 0 bridgehead atoms. The van der Waals surface area contributed by atoms with E-state index in [0.29, 0.717) is 0 Å². The van der Waals surface area contributed by atoms with Crippen molar-refractivity contribution in [1.29, 1.82) is 0 Å². The van der Waals surface area contributed by atoms with E-state index in [1.165, 1.54) is 0 Å². The molecule has 0 saturated carbocycles. The average molecular weight is 363 g/mol. The van der Waals surface area contributed by atoms with Crippen molar-refractivity contribution in [2.45, 2.75) is 76.9 Å². The van der Waals surface area contributed by atoms with Crippen molar-refractivity contribution < 1.29 is 28.5 Å². The third-order valence-corrected chi connectivity index (χ3v) is 4.82. The molecule has 0 aliphatic carbocycles. The van der Waals surface area contributed by atoms with E-state index in [2.05, 4.69) is 5.32 Å². The molecule has 0 aromatic heterocycles. The third-order valence-electron chi connectivity index (χ3n) is 4.82. The SMILES string of the molecule is Cc1ccccc1NC(=O)[C@@H]1O[C@@H]2OC(C)(C)O[C@@H]2[C@H]2OC(C)(C)O[C@H]21. The van der Waals surface area contributed by atoms with Crippen molar-refractivity contribution in [3.63, 3.8) is 0 Å². The van der Waals surface area contributed by atoms with Crippen LogP contribution < -0.4 is 5.32 Å².